The summed E-state index contributed by atoms with van der Waals surface area (Å²) in [7, 11) is 0. The molecule has 0 radical (unpaired) electrons. The fourth-order valence-electron chi connectivity index (χ4n) is 1.66. The van der Waals surface area contributed by atoms with Gasteiger partial charge < -0.3 is 15.7 Å². The summed E-state index contributed by atoms with van der Waals surface area (Å²) in [6, 6.07) is 0.477. The number of piperazine rings is 1. The largest absolute Gasteiger partial charge is 0.395 e. The SMILES string of the molecule is CC(CN1CCNCC1)NCCO. The van der Waals surface area contributed by atoms with Crippen LogP contribution in [-0.2, 0) is 0 Å². The van der Waals surface area contributed by atoms with Crippen LogP contribution in [0.2, 0.25) is 0 Å². The van der Waals surface area contributed by atoms with Gasteiger partial charge in [-0.2, -0.15) is 0 Å². The Balaban J connectivity index is 2.07. The van der Waals surface area contributed by atoms with Crippen molar-refractivity contribution >= 4 is 0 Å². The first-order valence-electron chi connectivity index (χ1n) is 5.10. The summed E-state index contributed by atoms with van der Waals surface area (Å²) in [6.45, 7) is 8.67. The maximum Gasteiger partial charge on any atom is 0.0556 e. The highest BCUT2D eigenvalue weighted by Gasteiger charge is 2.11. The molecule has 0 saturated carbocycles. The second-order valence-electron chi connectivity index (χ2n) is 3.63. The van der Waals surface area contributed by atoms with Crippen molar-refractivity contribution in [1.82, 2.24) is 15.5 Å². The number of aliphatic hydroxyl groups excluding tert-OH is 1. The Morgan fingerprint density at radius 3 is 2.77 bits per heavy atom. The molecule has 1 atom stereocenters. The van der Waals surface area contributed by atoms with Crippen molar-refractivity contribution in [1.29, 1.82) is 0 Å². The second-order valence-corrected chi connectivity index (χ2v) is 3.63. The monoisotopic (exact) mass is 187 g/mol. The lowest BCUT2D eigenvalue weighted by Crippen LogP contribution is -2.48. The maximum absolute atomic E-state index is 8.63. The van der Waals surface area contributed by atoms with E-state index in [4.69, 9.17) is 5.11 Å². The minimum absolute atomic E-state index is 0.228. The van der Waals surface area contributed by atoms with E-state index in [1.54, 1.807) is 0 Å². The maximum atomic E-state index is 8.63. The van der Waals surface area contributed by atoms with Crippen LogP contribution in [0.4, 0.5) is 0 Å². The number of nitrogens with one attached hydrogen (secondary N) is 2. The Hall–Kier alpha value is -0.160. The van der Waals surface area contributed by atoms with Crippen LogP contribution >= 0.6 is 0 Å². The number of rotatable bonds is 5. The van der Waals surface area contributed by atoms with Crippen LogP contribution in [0.1, 0.15) is 6.92 Å². The topological polar surface area (TPSA) is 47.5 Å². The van der Waals surface area contributed by atoms with E-state index < -0.39 is 0 Å². The molecule has 0 aromatic carbocycles. The zero-order valence-electron chi connectivity index (χ0n) is 8.42. The molecule has 4 nitrogen and oxygen atoms in total. The lowest BCUT2D eigenvalue weighted by molar-refractivity contribution is 0.213. The van der Waals surface area contributed by atoms with Gasteiger partial charge in [0.2, 0.25) is 0 Å². The zero-order valence-corrected chi connectivity index (χ0v) is 8.42. The predicted molar refractivity (Wildman–Crippen MR) is 53.9 cm³/mol. The van der Waals surface area contributed by atoms with Crippen LogP contribution < -0.4 is 10.6 Å². The third kappa shape index (κ3) is 4.57. The van der Waals surface area contributed by atoms with Gasteiger partial charge in [0.05, 0.1) is 6.61 Å². The van der Waals surface area contributed by atoms with E-state index in [9.17, 15) is 0 Å². The molecule has 78 valence electrons. The number of aliphatic hydroxyl groups is 1. The summed E-state index contributed by atoms with van der Waals surface area (Å²) in [5, 5.41) is 15.2. The Morgan fingerprint density at radius 1 is 1.46 bits per heavy atom. The van der Waals surface area contributed by atoms with Crippen LogP contribution in [0.25, 0.3) is 0 Å². The molecule has 1 heterocycles. The first-order valence-corrected chi connectivity index (χ1v) is 5.10. The molecule has 4 heteroatoms. The van der Waals surface area contributed by atoms with Crippen molar-refractivity contribution < 1.29 is 5.11 Å². The van der Waals surface area contributed by atoms with Gasteiger partial charge in [-0.25, -0.2) is 0 Å². The van der Waals surface area contributed by atoms with Gasteiger partial charge in [0.25, 0.3) is 0 Å². The Kier molecular flexibility index (Phi) is 5.31. The highest BCUT2D eigenvalue weighted by molar-refractivity contribution is 4.72. The van der Waals surface area contributed by atoms with Gasteiger partial charge in [0.1, 0.15) is 0 Å². The van der Waals surface area contributed by atoms with Gasteiger partial charge in [-0.05, 0) is 6.92 Å². The molecule has 1 fully saturated rings. The molecule has 0 spiro atoms. The lowest BCUT2D eigenvalue weighted by Gasteiger charge is -2.29. The van der Waals surface area contributed by atoms with Gasteiger partial charge in [0, 0.05) is 45.3 Å². The van der Waals surface area contributed by atoms with Gasteiger partial charge in [-0.1, -0.05) is 0 Å². The highest BCUT2D eigenvalue weighted by atomic mass is 16.3. The van der Waals surface area contributed by atoms with E-state index in [0.717, 1.165) is 32.7 Å². The van der Waals surface area contributed by atoms with Crippen molar-refractivity contribution in [3.63, 3.8) is 0 Å². The van der Waals surface area contributed by atoms with E-state index in [2.05, 4.69) is 22.5 Å². The second kappa shape index (κ2) is 6.32. The third-order valence-corrected chi connectivity index (χ3v) is 2.35. The van der Waals surface area contributed by atoms with E-state index in [1.165, 1.54) is 0 Å². The molecule has 0 bridgehead atoms. The Labute approximate surface area is 80.3 Å². The van der Waals surface area contributed by atoms with Gasteiger partial charge in [-0.15, -0.1) is 0 Å². The van der Waals surface area contributed by atoms with Gasteiger partial charge >= 0.3 is 0 Å². The molecule has 1 rings (SSSR count). The highest BCUT2D eigenvalue weighted by Crippen LogP contribution is 1.94. The van der Waals surface area contributed by atoms with Crippen LogP contribution in [0, 0.1) is 0 Å². The van der Waals surface area contributed by atoms with Crippen molar-refractivity contribution in [2.45, 2.75) is 13.0 Å². The molecule has 1 aliphatic rings. The lowest BCUT2D eigenvalue weighted by atomic mass is 10.2. The molecule has 0 aliphatic carbocycles. The number of nitrogens with zero attached hydrogens (tertiary/aromatic N) is 1. The van der Waals surface area contributed by atoms with Crippen molar-refractivity contribution in [3.8, 4) is 0 Å². The average molecular weight is 187 g/mol. The third-order valence-electron chi connectivity index (χ3n) is 2.35. The summed E-state index contributed by atoms with van der Waals surface area (Å²) in [6.07, 6.45) is 0. The molecule has 1 aliphatic heterocycles. The van der Waals surface area contributed by atoms with Crippen molar-refractivity contribution in [2.75, 3.05) is 45.9 Å². The summed E-state index contributed by atoms with van der Waals surface area (Å²) in [5.41, 5.74) is 0. The van der Waals surface area contributed by atoms with Crippen LogP contribution in [-0.4, -0.2) is 61.9 Å². The molecular weight excluding hydrogens is 166 g/mol. The molecule has 3 N–H and O–H groups in total. The summed E-state index contributed by atoms with van der Waals surface area (Å²) in [5.74, 6) is 0. The zero-order chi connectivity index (χ0) is 9.52. The summed E-state index contributed by atoms with van der Waals surface area (Å²) in [4.78, 5) is 2.45. The van der Waals surface area contributed by atoms with Gasteiger partial charge in [-0.3, -0.25) is 4.90 Å². The predicted octanol–water partition coefficient (Wildman–Crippen LogP) is -1.14. The van der Waals surface area contributed by atoms with E-state index in [-0.39, 0.29) is 6.61 Å². The number of hydrogen-bond acceptors (Lipinski definition) is 4. The van der Waals surface area contributed by atoms with Gasteiger partial charge in [0.15, 0.2) is 0 Å². The van der Waals surface area contributed by atoms with E-state index in [1.807, 2.05) is 0 Å². The van der Waals surface area contributed by atoms with Crippen LogP contribution in [0.5, 0.6) is 0 Å². The number of hydrogen-bond donors (Lipinski definition) is 3. The van der Waals surface area contributed by atoms with Crippen LogP contribution in [0.3, 0.4) is 0 Å². The molecule has 0 aromatic rings. The van der Waals surface area contributed by atoms with Crippen molar-refractivity contribution in [2.24, 2.45) is 0 Å². The fraction of sp³-hybridized carbons (Fsp3) is 1.00. The van der Waals surface area contributed by atoms with Crippen LogP contribution in [0.15, 0.2) is 0 Å². The minimum Gasteiger partial charge on any atom is -0.395 e. The fourth-order valence-corrected chi connectivity index (χ4v) is 1.66. The van der Waals surface area contributed by atoms with Crippen molar-refractivity contribution in [3.05, 3.63) is 0 Å². The molecule has 1 unspecified atom stereocenters. The quantitative estimate of drug-likeness (QED) is 0.509. The smallest absolute Gasteiger partial charge is 0.0556 e. The summed E-state index contributed by atoms with van der Waals surface area (Å²) >= 11 is 0. The molecular formula is C9H21N3O. The van der Waals surface area contributed by atoms with E-state index >= 15 is 0 Å². The first kappa shape index (κ1) is 10.9. The molecule has 0 amide bonds. The molecule has 1 saturated heterocycles. The summed E-state index contributed by atoms with van der Waals surface area (Å²) < 4.78 is 0. The average Bonchev–Trinajstić information content (AvgIpc) is 2.16. The first-order chi connectivity index (χ1) is 6.33. The Morgan fingerprint density at radius 2 is 2.15 bits per heavy atom. The minimum atomic E-state index is 0.228. The van der Waals surface area contributed by atoms with E-state index in [0.29, 0.717) is 12.6 Å². The molecule has 13 heavy (non-hydrogen) atoms. The molecule has 0 aromatic heterocycles. The standard InChI is InChI=1S/C9H21N3O/c1-9(11-4-7-13)8-12-5-2-10-3-6-12/h9-11,13H,2-8H2,1H3. The normalized spacial score (nSPS) is 21.7. The Bertz CT molecular complexity index is 126.